The Morgan fingerprint density at radius 1 is 0.443 bits per heavy atom. The molecule has 0 aromatic carbocycles. The van der Waals surface area contributed by atoms with Crippen molar-refractivity contribution in [1.29, 1.82) is 0 Å². The summed E-state index contributed by atoms with van der Waals surface area (Å²) in [6.45, 7) is 4.83. The molecule has 0 saturated carbocycles. The summed E-state index contributed by atoms with van der Waals surface area (Å²) in [7, 11) is 0. The van der Waals surface area contributed by atoms with E-state index in [1.807, 2.05) is 6.08 Å². The van der Waals surface area contributed by atoms with Crippen molar-refractivity contribution in [2.45, 2.75) is 289 Å². The fourth-order valence-corrected chi connectivity index (χ4v) is 7.97. The third kappa shape index (κ3) is 47.4. The molecule has 0 fully saturated rings. The molecule has 0 saturated heterocycles. The quantitative estimate of drug-likeness (QED) is 0.0322. The predicted octanol–water partition coefficient (Wildman–Crippen LogP) is 16.1. The smallest absolute Gasteiger partial charge is 0.305 e. The number of carbonyl (C=O) groups excluding carboxylic acids is 2. The molecule has 0 heterocycles. The van der Waals surface area contributed by atoms with Crippen LogP contribution in [0.2, 0.25) is 0 Å². The van der Waals surface area contributed by atoms with Gasteiger partial charge in [0.25, 0.3) is 0 Å². The first-order valence-electron chi connectivity index (χ1n) is 26.8. The Kier molecular flexibility index (Phi) is 49.1. The molecule has 0 aliphatic carbocycles. The number of unbranched alkanes of at least 4 members (excludes halogenated alkanes) is 34. The number of aliphatic hydroxyl groups is 2. The molecule has 0 aliphatic rings. The van der Waals surface area contributed by atoms with Crippen LogP contribution < -0.4 is 5.32 Å². The van der Waals surface area contributed by atoms with Crippen LogP contribution in [0.15, 0.2) is 36.5 Å². The molecule has 6 nitrogen and oxygen atoms in total. The lowest BCUT2D eigenvalue weighted by molar-refractivity contribution is -0.143. The summed E-state index contributed by atoms with van der Waals surface area (Å²) < 4.78 is 5.45. The minimum absolute atomic E-state index is 0.0278. The van der Waals surface area contributed by atoms with E-state index in [1.165, 1.54) is 167 Å². The number of esters is 1. The van der Waals surface area contributed by atoms with E-state index in [0.29, 0.717) is 19.4 Å². The second-order valence-electron chi connectivity index (χ2n) is 18.2. The van der Waals surface area contributed by atoms with Crippen molar-refractivity contribution in [3.63, 3.8) is 0 Å². The zero-order chi connectivity index (χ0) is 44.4. The van der Waals surface area contributed by atoms with E-state index in [-0.39, 0.29) is 18.5 Å². The van der Waals surface area contributed by atoms with Crippen molar-refractivity contribution < 1.29 is 24.5 Å². The van der Waals surface area contributed by atoms with Gasteiger partial charge in [-0.05, 0) is 89.9 Å². The number of nitrogens with one attached hydrogen (secondary N) is 1. The van der Waals surface area contributed by atoms with Crippen molar-refractivity contribution in [2.75, 3.05) is 13.2 Å². The predicted molar refractivity (Wildman–Crippen MR) is 264 cm³/mol. The minimum Gasteiger partial charge on any atom is -0.466 e. The first kappa shape index (κ1) is 59.1. The number of hydrogen-bond acceptors (Lipinski definition) is 5. The molecule has 0 radical (unpaired) electrons. The van der Waals surface area contributed by atoms with Gasteiger partial charge in [0.2, 0.25) is 5.91 Å². The van der Waals surface area contributed by atoms with E-state index in [0.717, 1.165) is 83.5 Å². The van der Waals surface area contributed by atoms with E-state index in [4.69, 9.17) is 4.74 Å². The van der Waals surface area contributed by atoms with E-state index >= 15 is 0 Å². The second kappa shape index (κ2) is 50.7. The SMILES string of the molecule is CCCCCCCCC/C=C\CCCCCCCCCC(=O)OCCCCC/C=C\CCCCCCCC(=O)NC(CO)C(O)/C=C/CCCCCCCCCCCCCC. The molecule has 6 heteroatoms. The maximum Gasteiger partial charge on any atom is 0.305 e. The molecule has 2 unspecified atom stereocenters. The van der Waals surface area contributed by atoms with E-state index in [1.54, 1.807) is 6.08 Å². The molecule has 0 aromatic heterocycles. The Balaban J connectivity index is 3.52. The molecule has 0 aliphatic heterocycles. The van der Waals surface area contributed by atoms with Crippen LogP contribution in [0.1, 0.15) is 277 Å². The van der Waals surface area contributed by atoms with Gasteiger partial charge in [0.1, 0.15) is 0 Å². The van der Waals surface area contributed by atoms with E-state index in [2.05, 4.69) is 43.5 Å². The van der Waals surface area contributed by atoms with Crippen LogP contribution in [0, 0.1) is 0 Å². The topological polar surface area (TPSA) is 95.9 Å². The molecule has 3 N–H and O–H groups in total. The lowest BCUT2D eigenvalue weighted by Gasteiger charge is -2.20. The first-order chi connectivity index (χ1) is 30.0. The second-order valence-corrected chi connectivity index (χ2v) is 18.2. The molecule has 2 atom stereocenters. The van der Waals surface area contributed by atoms with Crippen LogP contribution in [0.3, 0.4) is 0 Å². The molecule has 358 valence electrons. The van der Waals surface area contributed by atoms with Crippen LogP contribution in [0.4, 0.5) is 0 Å². The highest BCUT2D eigenvalue weighted by atomic mass is 16.5. The lowest BCUT2D eigenvalue weighted by atomic mass is 10.0. The summed E-state index contributed by atoms with van der Waals surface area (Å²) in [4.78, 5) is 24.5. The van der Waals surface area contributed by atoms with Crippen molar-refractivity contribution in [3.8, 4) is 0 Å². The summed E-state index contributed by atoms with van der Waals surface area (Å²) in [5, 5.41) is 23.0. The van der Waals surface area contributed by atoms with Crippen molar-refractivity contribution in [1.82, 2.24) is 5.32 Å². The molecule has 0 bridgehead atoms. The Hall–Kier alpha value is -1.92. The number of aliphatic hydroxyl groups excluding tert-OH is 2. The van der Waals surface area contributed by atoms with E-state index in [9.17, 15) is 19.8 Å². The lowest BCUT2D eigenvalue weighted by Crippen LogP contribution is -2.45. The van der Waals surface area contributed by atoms with Gasteiger partial charge in [0.05, 0.1) is 25.4 Å². The monoisotopic (exact) mass is 858 g/mol. The van der Waals surface area contributed by atoms with Gasteiger partial charge >= 0.3 is 5.97 Å². The number of allylic oxidation sites excluding steroid dienone is 5. The van der Waals surface area contributed by atoms with Crippen LogP contribution >= 0.6 is 0 Å². The molecular formula is C55H103NO5. The van der Waals surface area contributed by atoms with Crippen LogP contribution in [0.25, 0.3) is 0 Å². The normalized spacial score (nSPS) is 12.9. The summed E-state index contributed by atoms with van der Waals surface area (Å²) in [6.07, 6.45) is 61.5. The van der Waals surface area contributed by atoms with Crippen LogP contribution in [-0.4, -0.2) is 47.4 Å². The Morgan fingerprint density at radius 3 is 1.16 bits per heavy atom. The van der Waals surface area contributed by atoms with Gasteiger partial charge in [0.15, 0.2) is 0 Å². The van der Waals surface area contributed by atoms with Gasteiger partial charge < -0.3 is 20.3 Å². The molecular weight excluding hydrogens is 755 g/mol. The average Bonchev–Trinajstić information content (AvgIpc) is 3.26. The molecule has 0 spiro atoms. The number of hydrogen-bond donors (Lipinski definition) is 3. The minimum atomic E-state index is -0.860. The van der Waals surface area contributed by atoms with Gasteiger partial charge in [-0.25, -0.2) is 0 Å². The third-order valence-electron chi connectivity index (χ3n) is 12.1. The fraction of sp³-hybridized carbons (Fsp3) is 0.855. The zero-order valence-electron chi connectivity index (χ0n) is 40.6. The molecule has 0 aromatic rings. The number of rotatable bonds is 49. The Labute approximate surface area is 379 Å². The van der Waals surface area contributed by atoms with Crippen molar-refractivity contribution in [2.24, 2.45) is 0 Å². The van der Waals surface area contributed by atoms with Gasteiger partial charge in [-0.3, -0.25) is 9.59 Å². The van der Waals surface area contributed by atoms with Gasteiger partial charge in [-0.2, -0.15) is 0 Å². The fourth-order valence-electron chi connectivity index (χ4n) is 7.97. The average molecular weight is 858 g/mol. The Bertz CT molecular complexity index is 993. The first-order valence-corrected chi connectivity index (χ1v) is 26.8. The number of ether oxygens (including phenoxy) is 1. The largest absolute Gasteiger partial charge is 0.466 e. The number of amides is 1. The van der Waals surface area contributed by atoms with Crippen LogP contribution in [-0.2, 0) is 14.3 Å². The van der Waals surface area contributed by atoms with Gasteiger partial charge in [0, 0.05) is 12.8 Å². The highest BCUT2D eigenvalue weighted by Crippen LogP contribution is 2.15. The molecule has 61 heavy (non-hydrogen) atoms. The van der Waals surface area contributed by atoms with Crippen LogP contribution in [0.5, 0.6) is 0 Å². The highest BCUT2D eigenvalue weighted by molar-refractivity contribution is 5.76. The standard InChI is InChI=1S/C55H103NO5/c1-3-5-7-9-11-13-15-17-19-20-21-22-24-29-33-37-41-45-49-55(60)61-50-46-42-38-34-30-26-25-28-32-36-40-44-48-54(59)56-52(51-57)53(58)47-43-39-35-31-27-23-18-16-14-12-10-8-6-4-2/h19-20,26,30,43,47,52-53,57-58H,3-18,21-25,27-29,31-42,44-46,48-51H2,1-2H3,(H,56,59)/b20-19-,30-26-,47-43+. The zero-order valence-corrected chi connectivity index (χ0v) is 40.6. The highest BCUT2D eigenvalue weighted by Gasteiger charge is 2.18. The number of carbonyl (C=O) groups is 2. The molecule has 0 rings (SSSR count). The summed E-state index contributed by atoms with van der Waals surface area (Å²) in [5.74, 6) is -0.122. The maximum absolute atomic E-state index is 12.4. The molecule has 1 amide bonds. The van der Waals surface area contributed by atoms with Gasteiger partial charge in [-0.1, -0.05) is 211 Å². The summed E-state index contributed by atoms with van der Waals surface area (Å²) in [5.41, 5.74) is 0. The van der Waals surface area contributed by atoms with Crippen molar-refractivity contribution >= 4 is 11.9 Å². The van der Waals surface area contributed by atoms with Crippen molar-refractivity contribution in [3.05, 3.63) is 36.5 Å². The third-order valence-corrected chi connectivity index (χ3v) is 12.1. The summed E-state index contributed by atoms with van der Waals surface area (Å²) >= 11 is 0. The van der Waals surface area contributed by atoms with E-state index < -0.39 is 12.1 Å². The maximum atomic E-state index is 12.4. The summed E-state index contributed by atoms with van der Waals surface area (Å²) in [6, 6.07) is -0.646. The Morgan fingerprint density at radius 2 is 0.770 bits per heavy atom. The van der Waals surface area contributed by atoms with Gasteiger partial charge in [-0.15, -0.1) is 0 Å².